The van der Waals surface area contributed by atoms with Crippen molar-refractivity contribution >= 4 is 14.3 Å². The topological polar surface area (TPSA) is 29.5 Å². The van der Waals surface area contributed by atoms with Crippen LogP contribution in [0.3, 0.4) is 0 Å². The van der Waals surface area contributed by atoms with Crippen LogP contribution in [0.15, 0.2) is 0 Å². The number of hydrogen-bond donors (Lipinski definition) is 0. The van der Waals surface area contributed by atoms with E-state index in [1.165, 1.54) is 0 Å². The van der Waals surface area contributed by atoms with Crippen molar-refractivity contribution in [1.29, 1.82) is 0 Å². The molecule has 1 amide bonds. The molecule has 4 heteroatoms. The van der Waals surface area contributed by atoms with Crippen LogP contribution in [-0.4, -0.2) is 31.0 Å². The molecule has 3 nitrogen and oxygen atoms in total. The molecule has 1 saturated heterocycles. The molecule has 1 heterocycles. The van der Waals surface area contributed by atoms with Crippen molar-refractivity contribution in [2.45, 2.75) is 39.0 Å². The molecule has 0 saturated carbocycles. The monoisotopic (exact) mass is 187 g/mol. The van der Waals surface area contributed by atoms with Gasteiger partial charge in [0, 0.05) is 0 Å². The van der Waals surface area contributed by atoms with Crippen LogP contribution in [0, 0.1) is 0 Å². The lowest BCUT2D eigenvalue weighted by Crippen LogP contribution is -2.56. The van der Waals surface area contributed by atoms with E-state index in [0.29, 0.717) is 6.61 Å². The quantitative estimate of drug-likeness (QED) is 0.588. The summed E-state index contributed by atoms with van der Waals surface area (Å²) in [5.74, 6) is 0. The number of ether oxygens (including phenoxy) is 1. The van der Waals surface area contributed by atoms with E-state index in [0.717, 1.165) is 0 Å². The maximum Gasteiger partial charge on any atom is 0.402 e. The average Bonchev–Trinajstić information content (AvgIpc) is 2.03. The highest BCUT2D eigenvalue weighted by Crippen LogP contribution is 2.29. The van der Waals surface area contributed by atoms with E-state index in [4.69, 9.17) is 4.74 Å². The molecule has 0 spiro atoms. The molecule has 0 bridgehead atoms. The molecule has 1 aliphatic heterocycles. The summed E-state index contributed by atoms with van der Waals surface area (Å²) in [5, 5.41) is 0. The number of amides is 1. The highest BCUT2D eigenvalue weighted by Gasteiger charge is 2.46. The smallest absolute Gasteiger partial charge is 0.402 e. The van der Waals surface area contributed by atoms with Crippen LogP contribution in [-0.2, 0) is 4.74 Å². The highest BCUT2D eigenvalue weighted by atomic mass is 28.3. The second kappa shape index (κ2) is 2.49. The van der Waals surface area contributed by atoms with Crippen LogP contribution in [0.25, 0.3) is 0 Å². The summed E-state index contributed by atoms with van der Waals surface area (Å²) >= 11 is 0. The van der Waals surface area contributed by atoms with Crippen LogP contribution in [0.1, 0.15) is 13.8 Å². The second-order valence-electron chi connectivity index (χ2n) is 4.87. The lowest BCUT2D eigenvalue weighted by atomic mass is 10.1. The molecule has 0 radical (unpaired) electrons. The van der Waals surface area contributed by atoms with Crippen LogP contribution in [0.2, 0.25) is 19.6 Å². The van der Waals surface area contributed by atoms with Gasteiger partial charge < -0.3 is 9.30 Å². The van der Waals surface area contributed by atoms with Crippen LogP contribution in [0.5, 0.6) is 0 Å². The van der Waals surface area contributed by atoms with E-state index in [2.05, 4.69) is 33.5 Å². The van der Waals surface area contributed by atoms with Crippen LogP contribution in [0.4, 0.5) is 4.79 Å². The summed E-state index contributed by atoms with van der Waals surface area (Å²) in [6, 6.07) is 0. The van der Waals surface area contributed by atoms with Gasteiger partial charge in [-0.25, -0.2) is 4.79 Å². The maximum atomic E-state index is 11.4. The number of nitrogens with zero attached hydrogens (tertiary/aromatic N) is 1. The lowest BCUT2D eigenvalue weighted by molar-refractivity contribution is 0.169. The minimum atomic E-state index is -1.56. The first-order chi connectivity index (χ1) is 5.25. The van der Waals surface area contributed by atoms with Crippen molar-refractivity contribution < 1.29 is 9.53 Å². The summed E-state index contributed by atoms with van der Waals surface area (Å²) in [7, 11) is -1.56. The number of hydrogen-bond acceptors (Lipinski definition) is 2. The molecule has 0 N–H and O–H groups in total. The summed E-state index contributed by atoms with van der Waals surface area (Å²) in [6.45, 7) is 11.1. The van der Waals surface area contributed by atoms with Gasteiger partial charge in [-0.3, -0.25) is 0 Å². The summed E-state index contributed by atoms with van der Waals surface area (Å²) in [4.78, 5) is 11.4. The first kappa shape index (κ1) is 9.57. The van der Waals surface area contributed by atoms with E-state index in [1.807, 2.05) is 4.57 Å². The van der Waals surface area contributed by atoms with Crippen molar-refractivity contribution in [3.63, 3.8) is 0 Å². The minimum Gasteiger partial charge on any atom is -0.448 e. The Labute approximate surface area is 74.8 Å². The second-order valence-corrected chi connectivity index (χ2v) is 9.66. The lowest BCUT2D eigenvalue weighted by Gasteiger charge is -2.37. The minimum absolute atomic E-state index is 0.110. The Bertz CT molecular complexity index is 208. The van der Waals surface area contributed by atoms with Gasteiger partial charge in [-0.05, 0) is 13.8 Å². The number of cyclic esters (lactones) is 1. The van der Waals surface area contributed by atoms with Crippen LogP contribution >= 0.6 is 0 Å². The fraction of sp³-hybridized carbons (Fsp3) is 0.875. The third kappa shape index (κ3) is 1.48. The Morgan fingerprint density at radius 1 is 1.42 bits per heavy atom. The van der Waals surface area contributed by atoms with Crippen LogP contribution < -0.4 is 0 Å². The third-order valence-corrected chi connectivity index (χ3v) is 4.14. The molecule has 1 rings (SSSR count). The SMILES string of the molecule is CC1(C)COC(=O)N1[Si](C)(C)C. The third-order valence-electron chi connectivity index (χ3n) is 2.01. The Balaban J connectivity index is 2.93. The van der Waals surface area contributed by atoms with Gasteiger partial charge >= 0.3 is 6.09 Å². The van der Waals surface area contributed by atoms with Gasteiger partial charge in [0.25, 0.3) is 0 Å². The van der Waals surface area contributed by atoms with E-state index < -0.39 is 8.24 Å². The van der Waals surface area contributed by atoms with E-state index in [-0.39, 0.29) is 11.6 Å². The fourth-order valence-corrected chi connectivity index (χ4v) is 4.29. The zero-order valence-corrected chi connectivity index (χ0v) is 9.47. The van der Waals surface area contributed by atoms with Gasteiger partial charge in [-0.15, -0.1) is 0 Å². The largest absolute Gasteiger partial charge is 0.448 e. The highest BCUT2D eigenvalue weighted by molar-refractivity contribution is 6.75. The number of carbonyl (C=O) groups excluding carboxylic acids is 1. The zero-order valence-electron chi connectivity index (χ0n) is 8.47. The summed E-state index contributed by atoms with van der Waals surface area (Å²) in [6.07, 6.45) is -0.140. The number of rotatable bonds is 1. The first-order valence-corrected chi connectivity index (χ1v) is 7.67. The van der Waals surface area contributed by atoms with Gasteiger partial charge in [0.05, 0.1) is 5.54 Å². The molecule has 0 aromatic rings. The maximum absolute atomic E-state index is 11.4. The molecule has 1 fully saturated rings. The average molecular weight is 187 g/mol. The van der Waals surface area contributed by atoms with Gasteiger partial charge in [0.2, 0.25) is 0 Å². The molecular weight excluding hydrogens is 170 g/mol. The predicted octanol–water partition coefficient (Wildman–Crippen LogP) is 2.05. The van der Waals surface area contributed by atoms with Crippen molar-refractivity contribution in [1.82, 2.24) is 4.57 Å². The molecule has 1 aliphatic rings. The van der Waals surface area contributed by atoms with Crippen molar-refractivity contribution in [3.8, 4) is 0 Å². The van der Waals surface area contributed by atoms with Gasteiger partial charge in [-0.1, -0.05) is 19.6 Å². The van der Waals surface area contributed by atoms with E-state index in [1.54, 1.807) is 0 Å². The van der Waals surface area contributed by atoms with Crippen molar-refractivity contribution in [2.75, 3.05) is 6.61 Å². The molecule has 12 heavy (non-hydrogen) atoms. The van der Waals surface area contributed by atoms with Crippen molar-refractivity contribution in [3.05, 3.63) is 0 Å². The predicted molar refractivity (Wildman–Crippen MR) is 50.6 cm³/mol. The number of carbonyl (C=O) groups is 1. The zero-order chi connectivity index (χ0) is 9.57. The normalized spacial score (nSPS) is 22.8. The molecule has 0 aromatic carbocycles. The van der Waals surface area contributed by atoms with E-state index >= 15 is 0 Å². The standard InChI is InChI=1S/C8H17NO2Si/c1-8(2)6-11-7(10)9(8)12(3,4)5/h6H2,1-5H3. The fourth-order valence-electron chi connectivity index (χ4n) is 1.80. The Morgan fingerprint density at radius 2 is 1.92 bits per heavy atom. The first-order valence-electron chi connectivity index (χ1n) is 4.22. The molecular formula is C8H17NO2Si. The van der Waals surface area contributed by atoms with Gasteiger partial charge in [0.1, 0.15) is 6.61 Å². The molecule has 0 aromatic heterocycles. The van der Waals surface area contributed by atoms with Gasteiger partial charge in [0.15, 0.2) is 8.24 Å². The van der Waals surface area contributed by atoms with E-state index in [9.17, 15) is 4.79 Å². The molecule has 70 valence electrons. The van der Waals surface area contributed by atoms with Gasteiger partial charge in [-0.2, -0.15) is 0 Å². The summed E-state index contributed by atoms with van der Waals surface area (Å²) in [5.41, 5.74) is -0.110. The molecule has 0 atom stereocenters. The Hall–Kier alpha value is -0.513. The Kier molecular flexibility index (Phi) is 1.98. The molecule has 0 aliphatic carbocycles. The Morgan fingerprint density at radius 3 is 2.08 bits per heavy atom. The summed E-state index contributed by atoms with van der Waals surface area (Å²) < 4.78 is 6.96. The van der Waals surface area contributed by atoms with Crippen molar-refractivity contribution in [2.24, 2.45) is 0 Å². The molecule has 0 unspecified atom stereocenters.